The molecule has 1 unspecified atom stereocenters. The lowest BCUT2D eigenvalue weighted by Gasteiger charge is -2.19. The van der Waals surface area contributed by atoms with Gasteiger partial charge in [-0.15, -0.1) is 0 Å². The molecule has 0 aromatic heterocycles. The lowest BCUT2D eigenvalue weighted by Crippen LogP contribution is -2.20. The van der Waals surface area contributed by atoms with Crippen LogP contribution in [0.3, 0.4) is 0 Å². The fourth-order valence-electron chi connectivity index (χ4n) is 2.12. The minimum Gasteiger partial charge on any atom is -0.478 e. The molecule has 4 heteroatoms. The predicted molar refractivity (Wildman–Crippen MR) is 73.5 cm³/mol. The first kappa shape index (κ1) is 13.2. The summed E-state index contributed by atoms with van der Waals surface area (Å²) in [6, 6.07) is 5.31. The van der Waals surface area contributed by atoms with Gasteiger partial charge in [-0.1, -0.05) is 31.4 Å². The van der Waals surface area contributed by atoms with Gasteiger partial charge in [0, 0.05) is 16.8 Å². The second kappa shape index (κ2) is 5.61. The van der Waals surface area contributed by atoms with E-state index < -0.39 is 5.97 Å². The fourth-order valence-corrected chi connectivity index (χ4v) is 2.29. The van der Waals surface area contributed by atoms with Crippen molar-refractivity contribution in [1.29, 1.82) is 0 Å². The van der Waals surface area contributed by atoms with E-state index in [0.29, 0.717) is 16.8 Å². The second-order valence-corrected chi connectivity index (χ2v) is 5.36. The van der Waals surface area contributed by atoms with E-state index >= 15 is 0 Å². The van der Waals surface area contributed by atoms with E-state index in [1.807, 2.05) is 0 Å². The van der Waals surface area contributed by atoms with E-state index in [4.69, 9.17) is 11.6 Å². The van der Waals surface area contributed by atoms with Gasteiger partial charge in [-0.25, -0.2) is 4.79 Å². The van der Waals surface area contributed by atoms with Crippen molar-refractivity contribution in [2.75, 3.05) is 5.32 Å². The Balaban J connectivity index is 2.13. The lowest BCUT2D eigenvalue weighted by molar-refractivity contribution is 0.0698. The molecular formula is C14H18ClNO2. The zero-order valence-electron chi connectivity index (χ0n) is 10.4. The molecule has 1 saturated carbocycles. The Morgan fingerprint density at radius 1 is 1.56 bits per heavy atom. The number of rotatable bonds is 6. The quantitative estimate of drug-likeness (QED) is 0.818. The predicted octanol–water partition coefficient (Wildman–Crippen LogP) is 4.03. The monoisotopic (exact) mass is 267 g/mol. The number of halogens is 1. The van der Waals surface area contributed by atoms with Crippen LogP contribution in [0.15, 0.2) is 18.2 Å². The first-order valence-electron chi connectivity index (χ1n) is 6.39. The number of carboxylic acid groups (broad SMARTS) is 1. The number of benzene rings is 1. The third kappa shape index (κ3) is 3.39. The first-order valence-corrected chi connectivity index (χ1v) is 6.77. The molecule has 98 valence electrons. The van der Waals surface area contributed by atoms with Crippen molar-refractivity contribution >= 4 is 23.3 Å². The van der Waals surface area contributed by atoms with Gasteiger partial charge < -0.3 is 10.4 Å². The average Bonchev–Trinajstić information content (AvgIpc) is 3.14. The van der Waals surface area contributed by atoms with Crippen molar-refractivity contribution < 1.29 is 9.90 Å². The van der Waals surface area contributed by atoms with Crippen LogP contribution in [-0.4, -0.2) is 17.1 Å². The molecule has 1 aliphatic rings. The maximum absolute atomic E-state index is 11.2. The van der Waals surface area contributed by atoms with Crippen LogP contribution in [-0.2, 0) is 0 Å². The number of carboxylic acids is 1. The number of hydrogen-bond acceptors (Lipinski definition) is 2. The number of carbonyl (C=O) groups is 1. The minimum atomic E-state index is -0.943. The third-order valence-electron chi connectivity index (χ3n) is 3.38. The van der Waals surface area contributed by atoms with Crippen LogP contribution in [0.5, 0.6) is 0 Å². The highest BCUT2D eigenvalue weighted by molar-refractivity contribution is 6.31. The normalized spacial score (nSPS) is 16.3. The molecular weight excluding hydrogens is 250 g/mol. The molecule has 1 aromatic carbocycles. The Morgan fingerprint density at radius 2 is 2.28 bits per heavy atom. The van der Waals surface area contributed by atoms with Gasteiger partial charge in [-0.3, -0.25) is 0 Å². The molecule has 18 heavy (non-hydrogen) atoms. The average molecular weight is 268 g/mol. The van der Waals surface area contributed by atoms with E-state index in [2.05, 4.69) is 12.2 Å². The molecule has 0 radical (unpaired) electrons. The van der Waals surface area contributed by atoms with Crippen LogP contribution in [0.1, 0.15) is 43.0 Å². The third-order valence-corrected chi connectivity index (χ3v) is 3.61. The van der Waals surface area contributed by atoms with Gasteiger partial charge in [-0.2, -0.15) is 0 Å². The summed E-state index contributed by atoms with van der Waals surface area (Å²) in [4.78, 5) is 11.2. The number of aromatic carboxylic acids is 1. The standard InChI is InChI=1S/C14H18ClNO2/c1-2-11(7-9-3-4-9)16-13-6-5-10(15)8-12(13)14(17)18/h5-6,8-9,11,16H,2-4,7H2,1H3,(H,17,18). The summed E-state index contributed by atoms with van der Waals surface area (Å²) in [5.41, 5.74) is 0.913. The molecule has 0 aliphatic heterocycles. The van der Waals surface area contributed by atoms with Crippen molar-refractivity contribution in [3.05, 3.63) is 28.8 Å². The Labute approximate surface area is 112 Å². The molecule has 2 N–H and O–H groups in total. The van der Waals surface area contributed by atoms with Gasteiger partial charge in [0.2, 0.25) is 0 Å². The van der Waals surface area contributed by atoms with Gasteiger partial charge in [0.15, 0.2) is 0 Å². The Kier molecular flexibility index (Phi) is 4.12. The smallest absolute Gasteiger partial charge is 0.337 e. The van der Waals surface area contributed by atoms with E-state index in [9.17, 15) is 9.90 Å². The molecule has 2 rings (SSSR count). The number of anilines is 1. The van der Waals surface area contributed by atoms with Crippen molar-refractivity contribution in [2.24, 2.45) is 5.92 Å². The Bertz CT molecular complexity index is 443. The zero-order chi connectivity index (χ0) is 13.1. The zero-order valence-corrected chi connectivity index (χ0v) is 11.2. The highest BCUT2D eigenvalue weighted by atomic mass is 35.5. The summed E-state index contributed by atoms with van der Waals surface area (Å²) < 4.78 is 0. The SMILES string of the molecule is CCC(CC1CC1)Nc1ccc(Cl)cc1C(=O)O. The van der Waals surface area contributed by atoms with Crippen LogP contribution in [0, 0.1) is 5.92 Å². The van der Waals surface area contributed by atoms with Crippen LogP contribution < -0.4 is 5.32 Å². The molecule has 1 fully saturated rings. The largest absolute Gasteiger partial charge is 0.478 e. The van der Waals surface area contributed by atoms with Crippen LogP contribution >= 0.6 is 11.6 Å². The highest BCUT2D eigenvalue weighted by Crippen LogP contribution is 2.35. The topological polar surface area (TPSA) is 49.3 Å². The molecule has 0 bridgehead atoms. The van der Waals surface area contributed by atoms with Crippen molar-refractivity contribution in [1.82, 2.24) is 0 Å². The number of hydrogen-bond donors (Lipinski definition) is 2. The van der Waals surface area contributed by atoms with Crippen LogP contribution in [0.4, 0.5) is 5.69 Å². The van der Waals surface area contributed by atoms with E-state index in [1.165, 1.54) is 18.9 Å². The fraction of sp³-hybridized carbons (Fsp3) is 0.500. The molecule has 3 nitrogen and oxygen atoms in total. The van der Waals surface area contributed by atoms with Crippen LogP contribution in [0.2, 0.25) is 5.02 Å². The molecule has 0 spiro atoms. The van der Waals surface area contributed by atoms with Gasteiger partial charge in [0.05, 0.1) is 5.56 Å². The van der Waals surface area contributed by atoms with Crippen molar-refractivity contribution in [3.63, 3.8) is 0 Å². The molecule has 1 aliphatic carbocycles. The van der Waals surface area contributed by atoms with E-state index in [-0.39, 0.29) is 5.56 Å². The number of nitrogens with one attached hydrogen (secondary N) is 1. The Hall–Kier alpha value is -1.22. The Morgan fingerprint density at radius 3 is 2.83 bits per heavy atom. The summed E-state index contributed by atoms with van der Waals surface area (Å²) >= 11 is 5.83. The maximum atomic E-state index is 11.2. The van der Waals surface area contributed by atoms with Crippen molar-refractivity contribution in [2.45, 2.75) is 38.6 Å². The van der Waals surface area contributed by atoms with Crippen molar-refractivity contribution in [3.8, 4) is 0 Å². The van der Waals surface area contributed by atoms with E-state index in [0.717, 1.165) is 18.8 Å². The second-order valence-electron chi connectivity index (χ2n) is 4.92. The molecule has 1 atom stereocenters. The van der Waals surface area contributed by atoms with Gasteiger partial charge in [0.25, 0.3) is 0 Å². The lowest BCUT2D eigenvalue weighted by atomic mass is 10.1. The summed E-state index contributed by atoms with van der Waals surface area (Å²) in [7, 11) is 0. The minimum absolute atomic E-state index is 0.247. The summed E-state index contributed by atoms with van der Waals surface area (Å²) in [5.74, 6) is -0.121. The summed E-state index contributed by atoms with van der Waals surface area (Å²) in [6.45, 7) is 2.12. The van der Waals surface area contributed by atoms with Gasteiger partial charge in [-0.05, 0) is 37.0 Å². The molecule has 0 amide bonds. The molecule has 1 aromatic rings. The van der Waals surface area contributed by atoms with Gasteiger partial charge >= 0.3 is 5.97 Å². The maximum Gasteiger partial charge on any atom is 0.337 e. The van der Waals surface area contributed by atoms with E-state index in [1.54, 1.807) is 12.1 Å². The first-order chi connectivity index (χ1) is 8.60. The van der Waals surface area contributed by atoms with Crippen LogP contribution in [0.25, 0.3) is 0 Å². The summed E-state index contributed by atoms with van der Waals surface area (Å²) in [5, 5.41) is 13.0. The summed E-state index contributed by atoms with van der Waals surface area (Å²) in [6.07, 6.45) is 4.74. The van der Waals surface area contributed by atoms with Gasteiger partial charge in [0.1, 0.15) is 0 Å². The molecule has 0 heterocycles. The highest BCUT2D eigenvalue weighted by Gasteiger charge is 2.25. The molecule has 0 saturated heterocycles.